The van der Waals surface area contributed by atoms with E-state index in [-0.39, 0.29) is 17.4 Å². The molecule has 29 heavy (non-hydrogen) atoms. The molecule has 1 unspecified atom stereocenters. The first kappa shape index (κ1) is 20.2. The second-order valence-corrected chi connectivity index (χ2v) is 8.68. The minimum atomic E-state index is -0.0501. The summed E-state index contributed by atoms with van der Waals surface area (Å²) in [4.78, 5) is 29.0. The summed E-state index contributed by atoms with van der Waals surface area (Å²) >= 11 is 0. The predicted octanol–water partition coefficient (Wildman–Crippen LogP) is 2.92. The van der Waals surface area contributed by atoms with Gasteiger partial charge in [0.1, 0.15) is 0 Å². The Morgan fingerprint density at radius 3 is 2.59 bits per heavy atom. The number of likely N-dealkylation sites (tertiary alicyclic amines) is 2. The molecular weight excluding hydrogens is 366 g/mol. The van der Waals surface area contributed by atoms with E-state index < -0.39 is 0 Å². The minimum Gasteiger partial charge on any atom is -0.381 e. The molecule has 3 saturated heterocycles. The molecule has 3 heterocycles. The molecule has 1 aromatic carbocycles. The number of rotatable bonds is 4. The van der Waals surface area contributed by atoms with Gasteiger partial charge in [0.05, 0.1) is 0 Å². The van der Waals surface area contributed by atoms with Crippen LogP contribution >= 0.6 is 0 Å². The van der Waals surface area contributed by atoms with Gasteiger partial charge in [-0.25, -0.2) is 4.79 Å². The van der Waals surface area contributed by atoms with Crippen LogP contribution in [0, 0.1) is 0 Å². The Kier molecular flexibility index (Phi) is 6.38. The molecule has 0 aliphatic carbocycles. The summed E-state index contributed by atoms with van der Waals surface area (Å²) < 4.78 is 5.60. The van der Waals surface area contributed by atoms with Crippen LogP contribution in [0.3, 0.4) is 0 Å². The number of carbonyl (C=O) groups excluding carboxylic acids is 2. The molecule has 1 N–H and O–H groups in total. The van der Waals surface area contributed by atoms with E-state index in [0.29, 0.717) is 19.0 Å². The van der Waals surface area contributed by atoms with Crippen LogP contribution in [0.15, 0.2) is 30.3 Å². The molecule has 3 aliphatic heterocycles. The van der Waals surface area contributed by atoms with Gasteiger partial charge in [-0.1, -0.05) is 30.3 Å². The molecule has 3 fully saturated rings. The van der Waals surface area contributed by atoms with Gasteiger partial charge in [0, 0.05) is 57.3 Å². The van der Waals surface area contributed by atoms with E-state index in [2.05, 4.69) is 29.6 Å². The Morgan fingerprint density at radius 2 is 1.86 bits per heavy atom. The number of nitrogens with zero attached hydrogens (tertiary/aromatic N) is 2. The van der Waals surface area contributed by atoms with Gasteiger partial charge in [-0.3, -0.25) is 4.79 Å². The SMILES string of the molecule is O=C(NCC1(c2ccccc2)CCOCC1)N1CCCC(N2CCCC2=O)CC1. The van der Waals surface area contributed by atoms with Crippen molar-refractivity contribution in [2.75, 3.05) is 39.4 Å². The molecule has 0 radical (unpaired) electrons. The summed E-state index contributed by atoms with van der Waals surface area (Å²) in [6, 6.07) is 10.8. The Balaban J connectivity index is 1.35. The maximum Gasteiger partial charge on any atom is 0.317 e. The van der Waals surface area contributed by atoms with Gasteiger partial charge >= 0.3 is 6.03 Å². The maximum atomic E-state index is 13.0. The van der Waals surface area contributed by atoms with Crippen molar-refractivity contribution in [3.05, 3.63) is 35.9 Å². The fourth-order valence-corrected chi connectivity index (χ4v) is 5.13. The average molecular weight is 400 g/mol. The fraction of sp³-hybridized carbons (Fsp3) is 0.652. The van der Waals surface area contributed by atoms with E-state index in [9.17, 15) is 9.59 Å². The molecule has 0 spiro atoms. The lowest BCUT2D eigenvalue weighted by Gasteiger charge is -2.38. The largest absolute Gasteiger partial charge is 0.381 e. The minimum absolute atomic E-state index is 0.0280. The Hall–Kier alpha value is -2.08. The molecule has 4 rings (SSSR count). The topological polar surface area (TPSA) is 61.9 Å². The highest BCUT2D eigenvalue weighted by Gasteiger charge is 2.36. The molecule has 3 amide bonds. The standard InChI is InChI=1S/C23H33N3O3/c27-21-9-5-14-26(21)20-8-4-13-25(15-10-20)22(28)24-18-23(11-16-29-17-12-23)19-6-2-1-3-7-19/h1-3,6-7,20H,4-5,8-18H2,(H,24,28). The first-order chi connectivity index (χ1) is 14.2. The van der Waals surface area contributed by atoms with E-state index in [1.54, 1.807) is 0 Å². The van der Waals surface area contributed by atoms with Crippen molar-refractivity contribution >= 4 is 11.9 Å². The number of urea groups is 1. The third-order valence-corrected chi connectivity index (χ3v) is 6.95. The summed E-state index contributed by atoms with van der Waals surface area (Å²) in [7, 11) is 0. The van der Waals surface area contributed by atoms with Crippen LogP contribution in [0.4, 0.5) is 4.79 Å². The fourth-order valence-electron chi connectivity index (χ4n) is 5.13. The normalized spacial score (nSPS) is 25.0. The third-order valence-electron chi connectivity index (χ3n) is 6.95. The van der Waals surface area contributed by atoms with Gasteiger partial charge < -0.3 is 19.9 Å². The molecule has 0 bridgehead atoms. The van der Waals surface area contributed by atoms with Gasteiger partial charge in [-0.2, -0.15) is 0 Å². The highest BCUT2D eigenvalue weighted by molar-refractivity contribution is 5.78. The van der Waals surface area contributed by atoms with Gasteiger partial charge in [-0.15, -0.1) is 0 Å². The summed E-state index contributed by atoms with van der Waals surface area (Å²) in [6.07, 6.45) is 6.36. The van der Waals surface area contributed by atoms with E-state index in [1.165, 1.54) is 5.56 Å². The number of nitrogens with one attached hydrogen (secondary N) is 1. The molecule has 1 atom stereocenters. The molecule has 1 aromatic rings. The first-order valence-electron chi connectivity index (χ1n) is 11.1. The van der Waals surface area contributed by atoms with Crippen molar-refractivity contribution in [3.63, 3.8) is 0 Å². The van der Waals surface area contributed by atoms with E-state index >= 15 is 0 Å². The smallest absolute Gasteiger partial charge is 0.317 e. The highest BCUT2D eigenvalue weighted by atomic mass is 16.5. The van der Waals surface area contributed by atoms with E-state index in [4.69, 9.17) is 4.74 Å². The lowest BCUT2D eigenvalue weighted by atomic mass is 9.74. The van der Waals surface area contributed by atoms with Crippen LogP contribution in [0.5, 0.6) is 0 Å². The lowest BCUT2D eigenvalue weighted by Crippen LogP contribution is -2.49. The highest BCUT2D eigenvalue weighted by Crippen LogP contribution is 2.34. The van der Waals surface area contributed by atoms with Crippen LogP contribution in [0.1, 0.15) is 50.5 Å². The van der Waals surface area contributed by atoms with Gasteiger partial charge in [0.2, 0.25) is 5.91 Å². The van der Waals surface area contributed by atoms with Crippen LogP contribution < -0.4 is 5.32 Å². The van der Waals surface area contributed by atoms with Crippen LogP contribution in [-0.2, 0) is 14.9 Å². The molecule has 0 aromatic heterocycles. The molecule has 6 heteroatoms. The van der Waals surface area contributed by atoms with Crippen LogP contribution in [0.25, 0.3) is 0 Å². The van der Waals surface area contributed by atoms with Crippen molar-refractivity contribution in [1.82, 2.24) is 15.1 Å². The second kappa shape index (κ2) is 9.16. The van der Waals surface area contributed by atoms with Crippen molar-refractivity contribution < 1.29 is 14.3 Å². The van der Waals surface area contributed by atoms with Crippen LogP contribution in [-0.4, -0.2) is 67.2 Å². The zero-order valence-corrected chi connectivity index (χ0v) is 17.3. The first-order valence-corrected chi connectivity index (χ1v) is 11.1. The summed E-state index contributed by atoms with van der Waals surface area (Å²) in [5, 5.41) is 3.23. The second-order valence-electron chi connectivity index (χ2n) is 8.68. The summed E-state index contributed by atoms with van der Waals surface area (Å²) in [5.74, 6) is 0.289. The number of amides is 3. The molecule has 0 saturated carbocycles. The number of benzene rings is 1. The predicted molar refractivity (Wildman–Crippen MR) is 112 cm³/mol. The molecule has 6 nitrogen and oxygen atoms in total. The van der Waals surface area contributed by atoms with Gasteiger partial charge in [0.15, 0.2) is 0 Å². The lowest BCUT2D eigenvalue weighted by molar-refractivity contribution is -0.129. The third kappa shape index (κ3) is 4.58. The zero-order valence-electron chi connectivity index (χ0n) is 17.3. The van der Waals surface area contributed by atoms with E-state index in [0.717, 1.165) is 71.4 Å². The maximum absolute atomic E-state index is 13.0. The van der Waals surface area contributed by atoms with Gasteiger partial charge in [0.25, 0.3) is 0 Å². The van der Waals surface area contributed by atoms with E-state index in [1.807, 2.05) is 15.9 Å². The number of hydrogen-bond acceptors (Lipinski definition) is 3. The zero-order chi connectivity index (χ0) is 20.1. The Labute approximate surface area is 173 Å². The molecular formula is C23H33N3O3. The van der Waals surface area contributed by atoms with Gasteiger partial charge in [-0.05, 0) is 44.1 Å². The van der Waals surface area contributed by atoms with Crippen LogP contribution in [0.2, 0.25) is 0 Å². The average Bonchev–Trinajstić information content (AvgIpc) is 3.05. The number of hydrogen-bond donors (Lipinski definition) is 1. The summed E-state index contributed by atoms with van der Waals surface area (Å²) in [5.41, 5.74) is 1.23. The van der Waals surface area contributed by atoms with Crippen molar-refractivity contribution in [3.8, 4) is 0 Å². The Bertz CT molecular complexity index is 703. The number of ether oxygens (including phenoxy) is 1. The quantitative estimate of drug-likeness (QED) is 0.847. The monoisotopic (exact) mass is 399 g/mol. The van der Waals surface area contributed by atoms with Crippen molar-refractivity contribution in [2.45, 2.75) is 56.4 Å². The van der Waals surface area contributed by atoms with Crippen molar-refractivity contribution in [1.29, 1.82) is 0 Å². The molecule has 3 aliphatic rings. The number of carbonyl (C=O) groups is 2. The molecule has 158 valence electrons. The van der Waals surface area contributed by atoms with Crippen molar-refractivity contribution in [2.24, 2.45) is 0 Å². The summed E-state index contributed by atoms with van der Waals surface area (Å²) in [6.45, 7) is 4.49. The Morgan fingerprint density at radius 1 is 1.07 bits per heavy atom.